The number of carbonyl (C=O) groups is 1. The minimum absolute atomic E-state index is 0.00950. The molecule has 0 aliphatic heterocycles. The Bertz CT molecular complexity index is 672. The summed E-state index contributed by atoms with van der Waals surface area (Å²) in [6, 6.07) is 10.7. The van der Waals surface area contributed by atoms with Gasteiger partial charge in [-0.2, -0.15) is 0 Å². The van der Waals surface area contributed by atoms with Gasteiger partial charge in [-0.3, -0.25) is 4.79 Å². The SMILES string of the molecule is Cc1ccc(C(NC(=O)c2cc(F)cc(F)c2)C2CC2)cc1. The first-order valence-corrected chi connectivity index (χ1v) is 7.36. The summed E-state index contributed by atoms with van der Waals surface area (Å²) in [5, 5.41) is 2.91. The summed E-state index contributed by atoms with van der Waals surface area (Å²) in [6.45, 7) is 2.00. The normalized spacial score (nSPS) is 15.4. The van der Waals surface area contributed by atoms with Gasteiger partial charge in [0.2, 0.25) is 0 Å². The summed E-state index contributed by atoms with van der Waals surface area (Å²) < 4.78 is 26.5. The Labute approximate surface area is 128 Å². The van der Waals surface area contributed by atoms with E-state index in [0.29, 0.717) is 5.92 Å². The van der Waals surface area contributed by atoms with Crippen LogP contribution in [-0.4, -0.2) is 5.91 Å². The Morgan fingerprint density at radius 3 is 2.23 bits per heavy atom. The van der Waals surface area contributed by atoms with Crippen LogP contribution in [0, 0.1) is 24.5 Å². The fourth-order valence-corrected chi connectivity index (χ4v) is 2.59. The molecule has 0 aromatic heterocycles. The van der Waals surface area contributed by atoms with Gasteiger partial charge < -0.3 is 5.32 Å². The number of rotatable bonds is 4. The molecule has 0 radical (unpaired) electrons. The first-order valence-electron chi connectivity index (χ1n) is 7.36. The summed E-state index contributed by atoms with van der Waals surface area (Å²) in [4.78, 5) is 12.3. The standard InChI is InChI=1S/C18H17F2NO/c1-11-2-4-12(5-3-11)17(13-6-7-13)21-18(22)14-8-15(19)10-16(20)9-14/h2-5,8-10,13,17H,6-7H2,1H3,(H,21,22). The Kier molecular flexibility index (Phi) is 3.92. The van der Waals surface area contributed by atoms with Crippen molar-refractivity contribution in [2.75, 3.05) is 0 Å². The summed E-state index contributed by atoms with van der Waals surface area (Å²) in [5.41, 5.74) is 2.19. The molecule has 3 rings (SSSR count). The highest BCUT2D eigenvalue weighted by Crippen LogP contribution is 2.41. The largest absolute Gasteiger partial charge is 0.345 e. The lowest BCUT2D eigenvalue weighted by Gasteiger charge is -2.19. The average Bonchev–Trinajstić information content (AvgIpc) is 3.29. The van der Waals surface area contributed by atoms with Crippen LogP contribution in [0.2, 0.25) is 0 Å². The van der Waals surface area contributed by atoms with E-state index in [4.69, 9.17) is 0 Å². The van der Waals surface area contributed by atoms with Crippen LogP contribution in [0.5, 0.6) is 0 Å². The highest BCUT2D eigenvalue weighted by molar-refractivity contribution is 5.94. The summed E-state index contributed by atoms with van der Waals surface area (Å²) in [5.74, 6) is -1.55. The van der Waals surface area contributed by atoms with E-state index in [1.165, 1.54) is 0 Å². The van der Waals surface area contributed by atoms with Crippen LogP contribution in [0.3, 0.4) is 0 Å². The van der Waals surface area contributed by atoms with Crippen molar-refractivity contribution < 1.29 is 13.6 Å². The lowest BCUT2D eigenvalue weighted by Crippen LogP contribution is -2.30. The van der Waals surface area contributed by atoms with E-state index >= 15 is 0 Å². The number of hydrogen-bond acceptors (Lipinski definition) is 1. The van der Waals surface area contributed by atoms with Gasteiger partial charge in [-0.05, 0) is 43.4 Å². The molecule has 0 saturated heterocycles. The van der Waals surface area contributed by atoms with E-state index in [-0.39, 0.29) is 11.6 Å². The molecule has 0 bridgehead atoms. The zero-order valence-corrected chi connectivity index (χ0v) is 12.3. The lowest BCUT2D eigenvalue weighted by atomic mass is 10.0. The molecule has 2 nitrogen and oxygen atoms in total. The highest BCUT2D eigenvalue weighted by atomic mass is 19.1. The third kappa shape index (κ3) is 3.32. The van der Waals surface area contributed by atoms with Crippen LogP contribution in [-0.2, 0) is 0 Å². The Morgan fingerprint density at radius 2 is 1.68 bits per heavy atom. The molecule has 1 N–H and O–H groups in total. The number of aryl methyl sites for hydroxylation is 1. The van der Waals surface area contributed by atoms with Gasteiger partial charge in [-0.15, -0.1) is 0 Å². The van der Waals surface area contributed by atoms with Gasteiger partial charge in [0.1, 0.15) is 11.6 Å². The minimum atomic E-state index is -0.747. The molecular weight excluding hydrogens is 284 g/mol. The van der Waals surface area contributed by atoms with Crippen molar-refractivity contribution in [3.05, 3.63) is 70.8 Å². The van der Waals surface area contributed by atoms with E-state index in [1.54, 1.807) is 0 Å². The molecule has 2 aromatic rings. The van der Waals surface area contributed by atoms with Gasteiger partial charge in [0, 0.05) is 11.6 Å². The van der Waals surface area contributed by atoms with Crippen molar-refractivity contribution in [2.24, 2.45) is 5.92 Å². The fraction of sp³-hybridized carbons (Fsp3) is 0.278. The number of carbonyl (C=O) groups excluding carboxylic acids is 1. The second-order valence-corrected chi connectivity index (χ2v) is 5.86. The second-order valence-electron chi connectivity index (χ2n) is 5.86. The van der Waals surface area contributed by atoms with E-state index < -0.39 is 17.5 Å². The molecule has 114 valence electrons. The number of benzene rings is 2. The number of amides is 1. The maximum Gasteiger partial charge on any atom is 0.251 e. The predicted octanol–water partition coefficient (Wildman–Crippen LogP) is 4.15. The quantitative estimate of drug-likeness (QED) is 0.903. The fourth-order valence-electron chi connectivity index (χ4n) is 2.59. The summed E-state index contributed by atoms with van der Waals surface area (Å²) in [7, 11) is 0. The van der Waals surface area contributed by atoms with Crippen molar-refractivity contribution in [3.8, 4) is 0 Å². The molecule has 1 aliphatic rings. The van der Waals surface area contributed by atoms with E-state index in [0.717, 1.165) is 42.2 Å². The van der Waals surface area contributed by atoms with Gasteiger partial charge in [0.05, 0.1) is 6.04 Å². The van der Waals surface area contributed by atoms with Crippen LogP contribution in [0.4, 0.5) is 8.78 Å². The number of hydrogen-bond donors (Lipinski definition) is 1. The number of nitrogens with one attached hydrogen (secondary N) is 1. The van der Waals surface area contributed by atoms with Crippen molar-refractivity contribution in [1.82, 2.24) is 5.32 Å². The third-order valence-electron chi connectivity index (χ3n) is 3.94. The number of halogens is 2. The molecule has 1 fully saturated rings. The van der Waals surface area contributed by atoms with Gasteiger partial charge in [-0.1, -0.05) is 29.8 Å². The highest BCUT2D eigenvalue weighted by Gasteiger charge is 2.33. The van der Waals surface area contributed by atoms with Crippen LogP contribution in [0.25, 0.3) is 0 Å². The predicted molar refractivity (Wildman–Crippen MR) is 80.5 cm³/mol. The zero-order chi connectivity index (χ0) is 15.7. The average molecular weight is 301 g/mol. The van der Waals surface area contributed by atoms with Gasteiger partial charge in [0.15, 0.2) is 0 Å². The topological polar surface area (TPSA) is 29.1 Å². The molecule has 1 unspecified atom stereocenters. The molecule has 1 amide bonds. The van der Waals surface area contributed by atoms with Crippen LogP contribution >= 0.6 is 0 Å². The Morgan fingerprint density at radius 1 is 1.09 bits per heavy atom. The van der Waals surface area contributed by atoms with Crippen molar-refractivity contribution in [2.45, 2.75) is 25.8 Å². The molecule has 22 heavy (non-hydrogen) atoms. The molecular formula is C18H17F2NO. The molecule has 0 spiro atoms. The van der Waals surface area contributed by atoms with Gasteiger partial charge in [0.25, 0.3) is 5.91 Å². The first kappa shape index (κ1) is 14.7. The van der Waals surface area contributed by atoms with Crippen LogP contribution in [0.1, 0.15) is 40.4 Å². The van der Waals surface area contributed by atoms with E-state index in [2.05, 4.69) is 5.32 Å². The van der Waals surface area contributed by atoms with E-state index in [9.17, 15) is 13.6 Å². The van der Waals surface area contributed by atoms with Gasteiger partial charge in [-0.25, -0.2) is 8.78 Å². The van der Waals surface area contributed by atoms with Gasteiger partial charge >= 0.3 is 0 Å². The maximum atomic E-state index is 13.2. The molecule has 1 atom stereocenters. The molecule has 4 heteroatoms. The van der Waals surface area contributed by atoms with Crippen LogP contribution < -0.4 is 5.32 Å². The second kappa shape index (κ2) is 5.87. The summed E-state index contributed by atoms with van der Waals surface area (Å²) in [6.07, 6.45) is 2.10. The monoisotopic (exact) mass is 301 g/mol. The third-order valence-corrected chi connectivity index (χ3v) is 3.94. The molecule has 0 heterocycles. The van der Waals surface area contributed by atoms with E-state index in [1.807, 2.05) is 31.2 Å². The Balaban J connectivity index is 1.81. The summed E-state index contributed by atoms with van der Waals surface area (Å²) >= 11 is 0. The smallest absolute Gasteiger partial charge is 0.251 e. The maximum absolute atomic E-state index is 13.2. The zero-order valence-electron chi connectivity index (χ0n) is 12.3. The lowest BCUT2D eigenvalue weighted by molar-refractivity contribution is 0.0930. The molecule has 1 saturated carbocycles. The van der Waals surface area contributed by atoms with Crippen molar-refractivity contribution in [1.29, 1.82) is 0 Å². The minimum Gasteiger partial charge on any atom is -0.345 e. The first-order chi connectivity index (χ1) is 10.5. The van der Waals surface area contributed by atoms with Crippen molar-refractivity contribution in [3.63, 3.8) is 0 Å². The Hall–Kier alpha value is -2.23. The molecule has 2 aromatic carbocycles. The van der Waals surface area contributed by atoms with Crippen LogP contribution in [0.15, 0.2) is 42.5 Å². The van der Waals surface area contributed by atoms with Crippen molar-refractivity contribution >= 4 is 5.91 Å². The molecule has 1 aliphatic carbocycles.